The summed E-state index contributed by atoms with van der Waals surface area (Å²) in [5.41, 5.74) is -3.89. The first-order valence-corrected chi connectivity index (χ1v) is 13.7. The second-order valence-corrected chi connectivity index (χ2v) is 11.9. The summed E-state index contributed by atoms with van der Waals surface area (Å²) in [6.07, 6.45) is -5.42. The molecular formula is C23H29ClF6N2O3S. The van der Waals surface area contributed by atoms with Crippen LogP contribution in [0.4, 0.5) is 26.3 Å². The van der Waals surface area contributed by atoms with Gasteiger partial charge in [-0.25, -0.2) is 21.6 Å². The lowest BCUT2D eigenvalue weighted by atomic mass is 9.74. The average Bonchev–Trinajstić information content (AvgIpc) is 2.82. The lowest BCUT2D eigenvalue weighted by Crippen LogP contribution is -2.60. The molecule has 3 rings (SSSR count). The number of nitrogens with zero attached hydrogens (tertiary/aromatic N) is 2. The van der Waals surface area contributed by atoms with E-state index in [1.807, 2.05) is 4.90 Å². The molecule has 0 aromatic heterocycles. The fraction of sp³-hybridized carbons (Fsp3) is 0.696. The summed E-state index contributed by atoms with van der Waals surface area (Å²) in [6.45, 7) is 1.81. The van der Waals surface area contributed by atoms with Crippen molar-refractivity contribution >= 4 is 27.4 Å². The van der Waals surface area contributed by atoms with Gasteiger partial charge >= 0.3 is 6.18 Å². The molecule has 1 aliphatic carbocycles. The van der Waals surface area contributed by atoms with Gasteiger partial charge in [0.05, 0.1) is 10.6 Å². The van der Waals surface area contributed by atoms with Crippen LogP contribution in [-0.2, 0) is 16.2 Å². The predicted molar refractivity (Wildman–Crippen MR) is 123 cm³/mol. The summed E-state index contributed by atoms with van der Waals surface area (Å²) < 4.78 is 106. The Labute approximate surface area is 211 Å². The van der Waals surface area contributed by atoms with Gasteiger partial charge in [-0.2, -0.15) is 17.5 Å². The van der Waals surface area contributed by atoms with Crippen molar-refractivity contribution in [2.24, 2.45) is 0 Å². The number of sulfonamides is 1. The van der Waals surface area contributed by atoms with E-state index in [0.717, 1.165) is 16.4 Å². The number of Topliss-reactive ketones (excluding diaryl/α,β-unsaturated/α-hetero) is 1. The summed E-state index contributed by atoms with van der Waals surface area (Å²) >= 11 is 5.95. The van der Waals surface area contributed by atoms with Crippen LogP contribution in [0.3, 0.4) is 0 Å². The van der Waals surface area contributed by atoms with Gasteiger partial charge < -0.3 is 0 Å². The Morgan fingerprint density at radius 1 is 1.08 bits per heavy atom. The van der Waals surface area contributed by atoms with Crippen molar-refractivity contribution in [1.82, 2.24) is 9.21 Å². The molecule has 36 heavy (non-hydrogen) atoms. The number of alkyl halides is 6. The molecule has 0 N–H and O–H groups in total. The van der Waals surface area contributed by atoms with Crippen LogP contribution in [-0.4, -0.2) is 66.6 Å². The fourth-order valence-electron chi connectivity index (χ4n) is 4.99. The molecule has 0 amide bonds. The first-order valence-electron chi connectivity index (χ1n) is 11.8. The summed E-state index contributed by atoms with van der Waals surface area (Å²) in [4.78, 5) is 14.7. The lowest BCUT2D eigenvalue weighted by Gasteiger charge is -2.51. The van der Waals surface area contributed by atoms with Crippen LogP contribution in [0.1, 0.15) is 67.8 Å². The zero-order chi connectivity index (χ0) is 26.9. The Morgan fingerprint density at radius 3 is 2.17 bits per heavy atom. The molecule has 13 heteroatoms. The molecule has 1 aromatic carbocycles. The van der Waals surface area contributed by atoms with Crippen molar-refractivity contribution in [2.45, 2.75) is 75.0 Å². The Bertz CT molecular complexity index is 1050. The van der Waals surface area contributed by atoms with E-state index in [2.05, 4.69) is 0 Å². The van der Waals surface area contributed by atoms with Gasteiger partial charge in [-0.3, -0.25) is 9.69 Å². The van der Waals surface area contributed by atoms with Crippen LogP contribution < -0.4 is 0 Å². The molecule has 204 valence electrons. The van der Waals surface area contributed by atoms with Gasteiger partial charge in [0.15, 0.2) is 5.78 Å². The number of rotatable bonds is 8. The van der Waals surface area contributed by atoms with E-state index in [1.54, 1.807) is 0 Å². The standard InChI is InChI=1S/C23H29ClF6N2O3S/c1-2-20(25)36(34,35)32-13-11-31(12-14-32)21(7-9-22(26,27)10-8-21)6-5-19(33)17-4-3-16(15-18(17)24)23(28,29)30/h3-4,15,20H,2,5-14H2,1H3. The molecule has 0 spiro atoms. The highest BCUT2D eigenvalue weighted by molar-refractivity contribution is 7.89. The van der Waals surface area contributed by atoms with Crippen molar-refractivity contribution in [3.8, 4) is 0 Å². The number of ketones is 1. The van der Waals surface area contributed by atoms with E-state index < -0.39 is 57.4 Å². The first-order chi connectivity index (χ1) is 16.6. The molecule has 2 aliphatic rings. The van der Waals surface area contributed by atoms with Crippen molar-refractivity contribution in [1.29, 1.82) is 0 Å². The molecule has 1 saturated heterocycles. The number of hydrogen-bond acceptors (Lipinski definition) is 4. The van der Waals surface area contributed by atoms with E-state index in [1.165, 1.54) is 6.92 Å². The van der Waals surface area contributed by atoms with Gasteiger partial charge in [0.2, 0.25) is 21.4 Å². The van der Waals surface area contributed by atoms with Gasteiger partial charge in [0.1, 0.15) is 0 Å². The average molecular weight is 563 g/mol. The van der Waals surface area contributed by atoms with Gasteiger partial charge in [0.25, 0.3) is 0 Å². The van der Waals surface area contributed by atoms with E-state index in [9.17, 15) is 39.6 Å². The number of carbonyl (C=O) groups excluding carboxylic acids is 1. The van der Waals surface area contributed by atoms with Gasteiger partial charge in [-0.15, -0.1) is 0 Å². The molecule has 1 heterocycles. The Morgan fingerprint density at radius 2 is 1.67 bits per heavy atom. The molecule has 1 unspecified atom stereocenters. The molecular weight excluding hydrogens is 534 g/mol. The van der Waals surface area contributed by atoms with Gasteiger partial charge in [-0.1, -0.05) is 18.5 Å². The zero-order valence-corrected chi connectivity index (χ0v) is 21.3. The number of hydrogen-bond donors (Lipinski definition) is 0. The normalized spacial score (nSPS) is 22.3. The minimum absolute atomic E-state index is 0.000421. The zero-order valence-electron chi connectivity index (χ0n) is 19.8. The second kappa shape index (κ2) is 10.8. The topological polar surface area (TPSA) is 57.7 Å². The van der Waals surface area contributed by atoms with Crippen LogP contribution in [0.25, 0.3) is 0 Å². The second-order valence-electron chi connectivity index (χ2n) is 9.45. The highest BCUT2D eigenvalue weighted by atomic mass is 35.5. The van der Waals surface area contributed by atoms with E-state index in [0.29, 0.717) is 6.07 Å². The smallest absolute Gasteiger partial charge is 0.295 e. The monoisotopic (exact) mass is 562 g/mol. The van der Waals surface area contributed by atoms with E-state index >= 15 is 0 Å². The van der Waals surface area contributed by atoms with Crippen molar-refractivity contribution < 1.29 is 39.6 Å². The molecule has 1 aromatic rings. The number of benzene rings is 1. The molecule has 2 fully saturated rings. The van der Waals surface area contributed by atoms with Crippen molar-refractivity contribution in [3.63, 3.8) is 0 Å². The predicted octanol–water partition coefficient (Wildman–Crippen LogP) is 5.92. The van der Waals surface area contributed by atoms with Crippen LogP contribution in [0.2, 0.25) is 5.02 Å². The minimum atomic E-state index is -4.61. The Kier molecular flexibility index (Phi) is 8.74. The van der Waals surface area contributed by atoms with Gasteiger partial charge in [0, 0.05) is 56.5 Å². The molecule has 0 radical (unpaired) electrons. The molecule has 1 atom stereocenters. The highest BCUT2D eigenvalue weighted by Crippen LogP contribution is 2.45. The maximum atomic E-state index is 14.0. The van der Waals surface area contributed by atoms with Crippen LogP contribution >= 0.6 is 11.6 Å². The third kappa shape index (κ3) is 6.36. The Balaban J connectivity index is 1.74. The number of carbonyl (C=O) groups is 1. The first kappa shape index (κ1) is 29.2. The number of halogens is 7. The fourth-order valence-corrected chi connectivity index (χ4v) is 6.70. The van der Waals surface area contributed by atoms with E-state index in [-0.39, 0.29) is 68.9 Å². The van der Waals surface area contributed by atoms with Crippen LogP contribution in [0.5, 0.6) is 0 Å². The Hall–Kier alpha value is -1.37. The summed E-state index contributed by atoms with van der Waals surface area (Å²) in [5.74, 6) is -3.35. The maximum Gasteiger partial charge on any atom is 0.416 e. The SMILES string of the molecule is CCC(F)S(=O)(=O)N1CCN(C2(CCC(=O)c3ccc(C(F)(F)F)cc3Cl)CCC(F)(F)CC2)CC1. The van der Waals surface area contributed by atoms with Crippen molar-refractivity contribution in [3.05, 3.63) is 34.3 Å². The third-order valence-corrected chi connectivity index (χ3v) is 9.62. The third-order valence-electron chi connectivity index (χ3n) is 7.24. The summed E-state index contributed by atoms with van der Waals surface area (Å²) in [7, 11) is -4.11. The quantitative estimate of drug-likeness (QED) is 0.291. The maximum absolute atomic E-state index is 14.0. The molecule has 1 aliphatic heterocycles. The highest BCUT2D eigenvalue weighted by Gasteiger charge is 2.48. The molecule has 1 saturated carbocycles. The van der Waals surface area contributed by atoms with Crippen LogP contribution in [0, 0.1) is 0 Å². The van der Waals surface area contributed by atoms with E-state index in [4.69, 9.17) is 11.6 Å². The largest absolute Gasteiger partial charge is 0.416 e. The van der Waals surface area contributed by atoms with Gasteiger partial charge in [-0.05, 0) is 43.9 Å². The lowest BCUT2D eigenvalue weighted by molar-refractivity contribution is -0.137. The summed E-state index contributed by atoms with van der Waals surface area (Å²) in [6, 6.07) is 2.46. The molecule has 0 bridgehead atoms. The van der Waals surface area contributed by atoms with Crippen LogP contribution in [0.15, 0.2) is 18.2 Å². The number of piperazine rings is 1. The summed E-state index contributed by atoms with van der Waals surface area (Å²) in [5, 5.41) is -0.338. The minimum Gasteiger partial charge on any atom is -0.295 e. The molecule has 5 nitrogen and oxygen atoms in total. The van der Waals surface area contributed by atoms with Crippen molar-refractivity contribution in [2.75, 3.05) is 26.2 Å².